The van der Waals surface area contributed by atoms with Gasteiger partial charge < -0.3 is 14.4 Å². The summed E-state index contributed by atoms with van der Waals surface area (Å²) in [5, 5.41) is 4.54. The van der Waals surface area contributed by atoms with Crippen molar-refractivity contribution in [1.29, 1.82) is 0 Å². The van der Waals surface area contributed by atoms with Crippen molar-refractivity contribution >= 4 is 12.1 Å². The van der Waals surface area contributed by atoms with Crippen molar-refractivity contribution < 1.29 is 23.5 Å². The largest absolute Gasteiger partial charge is 0.469 e. The van der Waals surface area contributed by atoms with Gasteiger partial charge in [0.15, 0.2) is 5.82 Å². The van der Waals surface area contributed by atoms with Gasteiger partial charge in [-0.15, -0.1) is 0 Å². The number of hydrogen-bond acceptors (Lipinski definition) is 6. The zero-order chi connectivity index (χ0) is 22.8. The Bertz CT molecular complexity index is 959. The van der Waals surface area contributed by atoms with Crippen LogP contribution in [0, 0.1) is 12.7 Å². The second kappa shape index (κ2) is 9.03. The first kappa shape index (κ1) is 22.7. The lowest BCUT2D eigenvalue weighted by Crippen LogP contribution is -2.42. The second-order valence-electron chi connectivity index (χ2n) is 8.68. The molecule has 9 heteroatoms. The Morgan fingerprint density at radius 2 is 1.90 bits per heavy atom. The van der Waals surface area contributed by atoms with Crippen LogP contribution in [0.4, 0.5) is 9.18 Å². The molecule has 2 aromatic rings. The fourth-order valence-electron chi connectivity index (χ4n) is 3.63. The first-order valence-corrected chi connectivity index (χ1v) is 10.3. The molecule has 0 spiro atoms. The van der Waals surface area contributed by atoms with Crippen LogP contribution in [0.5, 0.6) is 0 Å². The van der Waals surface area contributed by atoms with Crippen molar-refractivity contribution in [3.63, 3.8) is 0 Å². The van der Waals surface area contributed by atoms with Crippen LogP contribution in [0.2, 0.25) is 0 Å². The molecule has 1 aliphatic rings. The van der Waals surface area contributed by atoms with Gasteiger partial charge in [-0.05, 0) is 58.2 Å². The summed E-state index contributed by atoms with van der Waals surface area (Å²) < 4.78 is 26.1. The highest BCUT2D eigenvalue weighted by Crippen LogP contribution is 2.31. The van der Waals surface area contributed by atoms with Crippen LogP contribution in [0.1, 0.15) is 51.0 Å². The number of carbonyl (C=O) groups excluding carboxylic acids is 2. The number of carbonyl (C=O) groups is 2. The summed E-state index contributed by atoms with van der Waals surface area (Å²) in [7, 11) is 1.32. The molecular weight excluding hydrogens is 403 g/mol. The molecule has 1 aromatic heterocycles. The molecule has 8 nitrogen and oxygen atoms in total. The topological polar surface area (TPSA) is 86.5 Å². The average Bonchev–Trinajstić information content (AvgIpc) is 3.09. The van der Waals surface area contributed by atoms with E-state index in [4.69, 9.17) is 9.47 Å². The van der Waals surface area contributed by atoms with E-state index in [1.165, 1.54) is 19.2 Å². The second-order valence-corrected chi connectivity index (χ2v) is 8.68. The quantitative estimate of drug-likeness (QED) is 0.685. The predicted octanol–water partition coefficient (Wildman–Crippen LogP) is 3.68. The van der Waals surface area contributed by atoms with Crippen molar-refractivity contribution in [2.75, 3.05) is 20.2 Å². The van der Waals surface area contributed by atoms with E-state index >= 15 is 0 Å². The Hall–Kier alpha value is -2.97. The highest BCUT2D eigenvalue weighted by atomic mass is 19.1. The maximum atomic E-state index is 14.1. The third-order valence-electron chi connectivity index (χ3n) is 5.07. The third-order valence-corrected chi connectivity index (χ3v) is 5.07. The standard InChI is InChI=1S/C22H29FN4O4/c1-14-24-20(18-13-16(23)7-6-15(18)12-19(28)30-5)27(25-14)17-8-10-26(11-9-17)21(29)31-22(2,3)4/h6-7,13,17H,8-12H2,1-5H3. The van der Waals surface area contributed by atoms with Crippen molar-refractivity contribution in [3.05, 3.63) is 35.4 Å². The van der Waals surface area contributed by atoms with Crippen LogP contribution in [0.25, 0.3) is 11.4 Å². The van der Waals surface area contributed by atoms with Gasteiger partial charge in [0.2, 0.25) is 0 Å². The highest BCUT2D eigenvalue weighted by Gasteiger charge is 2.30. The molecule has 0 saturated carbocycles. The lowest BCUT2D eigenvalue weighted by atomic mass is 10.0. The average molecular weight is 432 g/mol. The van der Waals surface area contributed by atoms with Crippen LogP contribution < -0.4 is 0 Å². The van der Waals surface area contributed by atoms with E-state index in [1.807, 2.05) is 20.8 Å². The number of likely N-dealkylation sites (tertiary alicyclic amines) is 1. The molecule has 0 atom stereocenters. The Morgan fingerprint density at radius 1 is 1.23 bits per heavy atom. The normalized spacial score (nSPS) is 15.1. The van der Waals surface area contributed by atoms with Gasteiger partial charge in [0.25, 0.3) is 0 Å². The van der Waals surface area contributed by atoms with Gasteiger partial charge in [0.1, 0.15) is 17.2 Å². The number of ether oxygens (including phenoxy) is 2. The number of aryl methyl sites for hydroxylation is 1. The first-order valence-electron chi connectivity index (χ1n) is 10.3. The Balaban J connectivity index is 1.84. The molecule has 0 unspecified atom stereocenters. The zero-order valence-electron chi connectivity index (χ0n) is 18.6. The first-order chi connectivity index (χ1) is 14.6. The summed E-state index contributed by atoms with van der Waals surface area (Å²) in [4.78, 5) is 30.4. The van der Waals surface area contributed by atoms with Crippen LogP contribution in [-0.2, 0) is 20.7 Å². The fourth-order valence-corrected chi connectivity index (χ4v) is 3.63. The van der Waals surface area contributed by atoms with Gasteiger partial charge >= 0.3 is 12.1 Å². The van der Waals surface area contributed by atoms with Crippen LogP contribution in [0.15, 0.2) is 18.2 Å². The number of esters is 1. The zero-order valence-corrected chi connectivity index (χ0v) is 18.6. The summed E-state index contributed by atoms with van der Waals surface area (Å²) in [5.74, 6) is 0.223. The third kappa shape index (κ3) is 5.59. The van der Waals surface area contributed by atoms with Crippen molar-refractivity contribution in [3.8, 4) is 11.4 Å². The van der Waals surface area contributed by atoms with Crippen LogP contribution in [0.3, 0.4) is 0 Å². The summed E-state index contributed by atoms with van der Waals surface area (Å²) in [5.41, 5.74) is 0.589. The number of aromatic nitrogens is 3. The van der Waals surface area contributed by atoms with E-state index in [0.717, 1.165) is 0 Å². The SMILES string of the molecule is COC(=O)Cc1ccc(F)cc1-c1nc(C)nn1C1CCN(C(=O)OC(C)(C)C)CC1. The summed E-state index contributed by atoms with van der Waals surface area (Å²) in [6, 6.07) is 4.24. The van der Waals surface area contributed by atoms with Gasteiger partial charge in [-0.3, -0.25) is 4.79 Å². The summed E-state index contributed by atoms with van der Waals surface area (Å²) >= 11 is 0. The molecule has 0 aliphatic carbocycles. The van der Waals surface area contributed by atoms with Gasteiger partial charge in [0, 0.05) is 18.7 Å². The predicted molar refractivity (Wildman–Crippen MR) is 112 cm³/mol. The Kier molecular flexibility index (Phi) is 6.62. The van der Waals surface area contributed by atoms with Gasteiger partial charge in [-0.1, -0.05) is 6.07 Å². The number of halogens is 1. The minimum Gasteiger partial charge on any atom is -0.469 e. The van der Waals surface area contributed by atoms with E-state index < -0.39 is 17.4 Å². The number of piperidine rings is 1. The molecule has 1 fully saturated rings. The number of nitrogens with zero attached hydrogens (tertiary/aromatic N) is 4. The molecule has 1 saturated heterocycles. The van der Waals surface area contributed by atoms with E-state index in [2.05, 4.69) is 10.1 Å². The number of methoxy groups -OCH3 is 1. The monoisotopic (exact) mass is 432 g/mol. The molecule has 168 valence electrons. The van der Waals surface area contributed by atoms with Gasteiger partial charge in [-0.2, -0.15) is 5.10 Å². The van der Waals surface area contributed by atoms with E-state index in [0.29, 0.717) is 48.7 Å². The lowest BCUT2D eigenvalue weighted by Gasteiger charge is -2.33. The molecule has 1 aromatic carbocycles. The van der Waals surface area contributed by atoms with Crippen molar-refractivity contribution in [2.24, 2.45) is 0 Å². The van der Waals surface area contributed by atoms with E-state index in [1.54, 1.807) is 22.6 Å². The summed E-state index contributed by atoms with van der Waals surface area (Å²) in [6.45, 7) is 8.34. The number of rotatable bonds is 4. The molecular formula is C22H29FN4O4. The highest BCUT2D eigenvalue weighted by molar-refractivity contribution is 5.76. The lowest BCUT2D eigenvalue weighted by molar-refractivity contribution is -0.139. The molecule has 2 heterocycles. The maximum absolute atomic E-state index is 14.1. The fraction of sp³-hybridized carbons (Fsp3) is 0.545. The van der Waals surface area contributed by atoms with Crippen LogP contribution >= 0.6 is 0 Å². The van der Waals surface area contributed by atoms with Gasteiger partial charge in [0.05, 0.1) is 19.6 Å². The van der Waals surface area contributed by atoms with Gasteiger partial charge in [-0.25, -0.2) is 18.9 Å². The van der Waals surface area contributed by atoms with Crippen molar-refractivity contribution in [2.45, 2.75) is 58.6 Å². The number of benzene rings is 1. The Morgan fingerprint density at radius 3 is 2.52 bits per heavy atom. The molecule has 31 heavy (non-hydrogen) atoms. The minimum absolute atomic E-state index is 0.00904. The maximum Gasteiger partial charge on any atom is 0.410 e. The summed E-state index contributed by atoms with van der Waals surface area (Å²) in [6.07, 6.45) is 1.01. The van der Waals surface area contributed by atoms with Crippen LogP contribution in [-0.4, -0.2) is 57.5 Å². The van der Waals surface area contributed by atoms with E-state index in [-0.39, 0.29) is 18.6 Å². The van der Waals surface area contributed by atoms with E-state index in [9.17, 15) is 14.0 Å². The molecule has 3 rings (SSSR count). The molecule has 0 N–H and O–H groups in total. The van der Waals surface area contributed by atoms with Crippen molar-refractivity contribution in [1.82, 2.24) is 19.7 Å². The smallest absolute Gasteiger partial charge is 0.410 e. The number of hydrogen-bond donors (Lipinski definition) is 0. The Labute approximate surface area is 181 Å². The number of amides is 1. The molecule has 1 aliphatic heterocycles. The molecule has 0 bridgehead atoms. The molecule has 0 radical (unpaired) electrons. The minimum atomic E-state index is -0.544. The molecule has 1 amide bonds.